The van der Waals surface area contributed by atoms with Crippen molar-refractivity contribution in [3.8, 4) is 0 Å². The number of H-pyrrole nitrogens is 1. The molecule has 2 amide bonds. The van der Waals surface area contributed by atoms with Crippen LogP contribution >= 0.6 is 0 Å². The Bertz CT molecular complexity index is 441. The number of carboxylic acids is 1. The number of amides is 2. The van der Waals surface area contributed by atoms with Gasteiger partial charge in [0, 0.05) is 18.8 Å². The summed E-state index contributed by atoms with van der Waals surface area (Å²) in [5.41, 5.74) is 0.815. The summed E-state index contributed by atoms with van der Waals surface area (Å²) in [6.07, 6.45) is 0. The highest BCUT2D eigenvalue weighted by atomic mass is 16.4. The topological polar surface area (TPSA) is 106 Å². The number of nitrogens with zero attached hydrogens (tertiary/aromatic N) is 1. The average Bonchev–Trinajstić information content (AvgIpc) is 2.67. The largest absolute Gasteiger partial charge is 0.477 e. The predicted molar refractivity (Wildman–Crippen MR) is 65.8 cm³/mol. The molecule has 7 heteroatoms. The third-order valence-corrected chi connectivity index (χ3v) is 2.45. The van der Waals surface area contributed by atoms with E-state index in [1.54, 1.807) is 19.9 Å². The summed E-state index contributed by atoms with van der Waals surface area (Å²) in [5, 5.41) is 20.3. The number of carbonyl (C=O) groups is 2. The Morgan fingerprint density at radius 3 is 2.67 bits per heavy atom. The first kappa shape index (κ1) is 14.0. The minimum absolute atomic E-state index is 0.0547. The molecular weight excluding hydrogens is 238 g/mol. The number of aromatic carboxylic acids is 1. The molecule has 0 aliphatic heterocycles. The van der Waals surface area contributed by atoms with Crippen LogP contribution in [-0.4, -0.2) is 51.8 Å². The maximum atomic E-state index is 11.8. The summed E-state index contributed by atoms with van der Waals surface area (Å²) >= 11 is 0. The molecule has 0 atom stereocenters. The highest BCUT2D eigenvalue weighted by Gasteiger charge is 2.17. The number of aromatic nitrogens is 1. The van der Waals surface area contributed by atoms with Crippen molar-refractivity contribution in [2.45, 2.75) is 13.8 Å². The molecule has 0 spiro atoms. The minimum Gasteiger partial charge on any atom is -0.477 e. The highest BCUT2D eigenvalue weighted by molar-refractivity contribution is 5.99. The molecule has 1 aromatic rings. The quantitative estimate of drug-likeness (QED) is 0.626. The van der Waals surface area contributed by atoms with Crippen LogP contribution in [0.2, 0.25) is 0 Å². The van der Waals surface area contributed by atoms with Crippen molar-refractivity contribution < 1.29 is 19.8 Å². The molecule has 7 nitrogen and oxygen atoms in total. The smallest absolute Gasteiger partial charge is 0.354 e. The van der Waals surface area contributed by atoms with Gasteiger partial charge < -0.3 is 25.4 Å². The third-order valence-electron chi connectivity index (χ3n) is 2.45. The fraction of sp³-hybridized carbons (Fsp3) is 0.455. The molecule has 18 heavy (non-hydrogen) atoms. The zero-order valence-electron chi connectivity index (χ0n) is 10.4. The van der Waals surface area contributed by atoms with Crippen LogP contribution in [0.1, 0.15) is 23.1 Å². The van der Waals surface area contributed by atoms with E-state index in [4.69, 9.17) is 10.2 Å². The van der Waals surface area contributed by atoms with E-state index in [0.29, 0.717) is 12.2 Å². The van der Waals surface area contributed by atoms with Crippen LogP contribution in [0.25, 0.3) is 0 Å². The summed E-state index contributed by atoms with van der Waals surface area (Å²) in [6, 6.07) is 1.11. The van der Waals surface area contributed by atoms with Crippen molar-refractivity contribution in [3.05, 3.63) is 17.5 Å². The van der Waals surface area contributed by atoms with Gasteiger partial charge in [0.2, 0.25) is 0 Å². The van der Waals surface area contributed by atoms with Crippen molar-refractivity contribution >= 4 is 17.7 Å². The SMILES string of the molecule is CCN(CCO)C(=O)Nc1cc(C)[nH]c1C(=O)O. The Labute approximate surface area is 104 Å². The van der Waals surface area contributed by atoms with Gasteiger partial charge in [-0.25, -0.2) is 9.59 Å². The molecular formula is C11H17N3O4. The number of carboxylic acid groups (broad SMARTS) is 1. The maximum Gasteiger partial charge on any atom is 0.354 e. The normalized spacial score (nSPS) is 10.2. The predicted octanol–water partition coefficient (Wildman–Crippen LogP) is 0.867. The maximum absolute atomic E-state index is 11.8. The van der Waals surface area contributed by atoms with Crippen LogP contribution in [0, 0.1) is 6.92 Å². The lowest BCUT2D eigenvalue weighted by molar-refractivity contribution is 0.0692. The zero-order valence-corrected chi connectivity index (χ0v) is 10.4. The van der Waals surface area contributed by atoms with Crippen LogP contribution in [0.3, 0.4) is 0 Å². The second kappa shape index (κ2) is 6.06. The van der Waals surface area contributed by atoms with Gasteiger partial charge in [-0.3, -0.25) is 0 Å². The van der Waals surface area contributed by atoms with E-state index in [-0.39, 0.29) is 24.5 Å². The average molecular weight is 255 g/mol. The Morgan fingerprint density at radius 2 is 2.17 bits per heavy atom. The monoisotopic (exact) mass is 255 g/mol. The number of aryl methyl sites for hydroxylation is 1. The number of aliphatic hydroxyl groups is 1. The van der Waals surface area contributed by atoms with Gasteiger partial charge in [-0.15, -0.1) is 0 Å². The molecule has 1 aromatic heterocycles. The molecule has 0 saturated heterocycles. The number of aromatic amines is 1. The summed E-state index contributed by atoms with van der Waals surface area (Å²) in [5.74, 6) is -1.14. The Balaban J connectivity index is 2.83. The van der Waals surface area contributed by atoms with Crippen LogP contribution in [0.15, 0.2) is 6.07 Å². The van der Waals surface area contributed by atoms with E-state index >= 15 is 0 Å². The standard InChI is InChI=1S/C11H17N3O4/c1-3-14(4-5-15)11(18)13-8-6-7(2)12-9(8)10(16)17/h6,12,15H,3-5H2,1-2H3,(H,13,18)(H,16,17). The molecule has 0 bridgehead atoms. The van der Waals surface area contributed by atoms with Gasteiger partial charge in [0.05, 0.1) is 12.3 Å². The zero-order chi connectivity index (χ0) is 13.7. The molecule has 100 valence electrons. The van der Waals surface area contributed by atoms with Crippen molar-refractivity contribution in [1.82, 2.24) is 9.88 Å². The summed E-state index contributed by atoms with van der Waals surface area (Å²) in [4.78, 5) is 26.8. The van der Waals surface area contributed by atoms with Crippen molar-refractivity contribution in [3.63, 3.8) is 0 Å². The lowest BCUT2D eigenvalue weighted by Gasteiger charge is -2.19. The van der Waals surface area contributed by atoms with Gasteiger partial charge in [-0.1, -0.05) is 0 Å². The summed E-state index contributed by atoms with van der Waals surface area (Å²) < 4.78 is 0. The number of nitrogens with one attached hydrogen (secondary N) is 2. The van der Waals surface area contributed by atoms with E-state index < -0.39 is 12.0 Å². The molecule has 1 heterocycles. The van der Waals surface area contributed by atoms with Crippen LogP contribution < -0.4 is 5.32 Å². The second-order valence-corrected chi connectivity index (χ2v) is 3.78. The number of rotatable bonds is 5. The number of aliphatic hydroxyl groups excluding tert-OH is 1. The van der Waals surface area contributed by atoms with Crippen molar-refractivity contribution in [2.24, 2.45) is 0 Å². The fourth-order valence-corrected chi connectivity index (χ4v) is 1.57. The molecule has 1 rings (SSSR count). The molecule has 0 aliphatic rings. The van der Waals surface area contributed by atoms with E-state index in [0.717, 1.165) is 0 Å². The van der Waals surface area contributed by atoms with Gasteiger partial charge in [0.25, 0.3) is 0 Å². The van der Waals surface area contributed by atoms with Gasteiger partial charge in [-0.2, -0.15) is 0 Å². The Morgan fingerprint density at radius 1 is 1.50 bits per heavy atom. The van der Waals surface area contributed by atoms with Gasteiger partial charge in [0.1, 0.15) is 5.69 Å². The highest BCUT2D eigenvalue weighted by Crippen LogP contribution is 2.17. The number of hydrogen-bond donors (Lipinski definition) is 4. The van der Waals surface area contributed by atoms with Gasteiger partial charge >= 0.3 is 12.0 Å². The van der Waals surface area contributed by atoms with Gasteiger partial charge in [0.15, 0.2) is 0 Å². The second-order valence-electron chi connectivity index (χ2n) is 3.78. The molecule has 4 N–H and O–H groups in total. The fourth-order valence-electron chi connectivity index (χ4n) is 1.57. The van der Waals surface area contributed by atoms with Crippen LogP contribution in [0.5, 0.6) is 0 Å². The number of likely N-dealkylation sites (N-methyl/N-ethyl adjacent to an activating group) is 1. The first-order chi connectivity index (χ1) is 8.49. The first-order valence-corrected chi connectivity index (χ1v) is 5.59. The number of hydrogen-bond acceptors (Lipinski definition) is 3. The number of urea groups is 1. The molecule has 0 fully saturated rings. The van der Waals surface area contributed by atoms with E-state index in [1.807, 2.05) is 0 Å². The lowest BCUT2D eigenvalue weighted by Crippen LogP contribution is -2.37. The number of carbonyl (C=O) groups excluding carboxylic acids is 1. The summed E-state index contributed by atoms with van der Waals surface area (Å²) in [7, 11) is 0. The molecule has 0 aromatic carbocycles. The van der Waals surface area contributed by atoms with Crippen molar-refractivity contribution in [2.75, 3.05) is 25.0 Å². The Kier molecular flexibility index (Phi) is 4.73. The van der Waals surface area contributed by atoms with E-state index in [1.165, 1.54) is 4.90 Å². The lowest BCUT2D eigenvalue weighted by atomic mass is 10.3. The van der Waals surface area contributed by atoms with Crippen molar-refractivity contribution in [1.29, 1.82) is 0 Å². The first-order valence-electron chi connectivity index (χ1n) is 5.59. The molecule has 0 unspecified atom stereocenters. The minimum atomic E-state index is -1.14. The van der Waals surface area contributed by atoms with E-state index in [9.17, 15) is 9.59 Å². The summed E-state index contributed by atoms with van der Waals surface area (Å²) in [6.45, 7) is 3.97. The molecule has 0 radical (unpaired) electrons. The van der Waals surface area contributed by atoms with Gasteiger partial charge in [-0.05, 0) is 19.9 Å². The number of anilines is 1. The van der Waals surface area contributed by atoms with Crippen LogP contribution in [-0.2, 0) is 0 Å². The van der Waals surface area contributed by atoms with Crippen LogP contribution in [0.4, 0.5) is 10.5 Å². The third kappa shape index (κ3) is 3.24. The molecule has 0 saturated carbocycles. The Hall–Kier alpha value is -2.02. The van der Waals surface area contributed by atoms with E-state index in [2.05, 4.69) is 10.3 Å². The molecule has 0 aliphatic carbocycles.